The van der Waals surface area contributed by atoms with Gasteiger partial charge in [0, 0.05) is 0 Å². The number of nitrogens with one attached hydrogen (secondary N) is 2. The van der Waals surface area contributed by atoms with Gasteiger partial charge in [-0.1, -0.05) is 0 Å². The van der Waals surface area contributed by atoms with E-state index >= 15 is 0 Å². The molecule has 0 saturated carbocycles. The Morgan fingerprint density at radius 1 is 1.56 bits per heavy atom. The Bertz CT molecular complexity index is 142. The summed E-state index contributed by atoms with van der Waals surface area (Å²) in [5, 5.41) is 5.88. The third-order valence-electron chi connectivity index (χ3n) is 1.41. The fraction of sp³-hybridized carbons (Fsp3) is 0.833. The lowest BCUT2D eigenvalue weighted by Gasteiger charge is -2.17. The summed E-state index contributed by atoms with van der Waals surface area (Å²) in [5.41, 5.74) is -0.212. The number of hydrogen-bond donors (Lipinski definition) is 2. The Balaban J connectivity index is 2.65. The Labute approximate surface area is 54.8 Å². The second-order valence-electron chi connectivity index (χ2n) is 2.98. The van der Waals surface area contributed by atoms with Crippen LogP contribution in [0.15, 0.2) is 0 Å². The van der Waals surface area contributed by atoms with E-state index in [0.717, 1.165) is 0 Å². The molecule has 1 rings (SSSR count). The van der Waals surface area contributed by atoms with E-state index in [0.29, 0.717) is 0 Å². The van der Waals surface area contributed by atoms with Gasteiger partial charge in [-0.05, 0) is 20.8 Å². The molecule has 0 spiro atoms. The highest BCUT2D eigenvalue weighted by Gasteiger charge is 2.32. The molecule has 1 fully saturated rings. The third kappa shape index (κ3) is 1.21. The molecule has 3 nitrogen and oxygen atoms in total. The summed E-state index contributed by atoms with van der Waals surface area (Å²) in [4.78, 5) is 10.8. The van der Waals surface area contributed by atoms with Gasteiger partial charge in [0.2, 0.25) is 5.91 Å². The summed E-state index contributed by atoms with van der Waals surface area (Å²) >= 11 is 0. The average molecular weight is 128 g/mol. The summed E-state index contributed by atoms with van der Waals surface area (Å²) in [6, 6.07) is -0.0417. The molecule has 0 aromatic heterocycles. The minimum Gasteiger partial charge on any atom is -0.337 e. The van der Waals surface area contributed by atoms with E-state index in [1.54, 1.807) is 0 Å². The van der Waals surface area contributed by atoms with Crippen LogP contribution in [0.25, 0.3) is 0 Å². The average Bonchev–Trinajstić information content (AvgIpc) is 1.79. The van der Waals surface area contributed by atoms with Crippen molar-refractivity contribution in [1.82, 2.24) is 10.6 Å². The second-order valence-corrected chi connectivity index (χ2v) is 2.98. The number of rotatable bonds is 0. The molecule has 1 amide bonds. The quantitative estimate of drug-likeness (QED) is 0.475. The lowest BCUT2D eigenvalue weighted by molar-refractivity contribution is -0.120. The molecule has 1 aliphatic heterocycles. The van der Waals surface area contributed by atoms with E-state index in [2.05, 4.69) is 10.6 Å². The van der Waals surface area contributed by atoms with Crippen molar-refractivity contribution < 1.29 is 4.79 Å². The number of carbonyl (C=O) groups is 1. The molecule has 1 aliphatic rings. The van der Waals surface area contributed by atoms with Gasteiger partial charge in [0.25, 0.3) is 0 Å². The van der Waals surface area contributed by atoms with Crippen LogP contribution < -0.4 is 10.6 Å². The number of amides is 1. The number of carbonyl (C=O) groups excluding carboxylic acids is 1. The van der Waals surface area contributed by atoms with Gasteiger partial charge < -0.3 is 5.32 Å². The SMILES string of the molecule is CC1NC(C)(C)NC1=O. The van der Waals surface area contributed by atoms with E-state index < -0.39 is 0 Å². The van der Waals surface area contributed by atoms with Gasteiger partial charge in [0.05, 0.1) is 11.7 Å². The third-order valence-corrected chi connectivity index (χ3v) is 1.41. The second kappa shape index (κ2) is 1.70. The van der Waals surface area contributed by atoms with Gasteiger partial charge in [0.15, 0.2) is 0 Å². The first kappa shape index (κ1) is 6.55. The minimum absolute atomic E-state index is 0.0417. The van der Waals surface area contributed by atoms with Crippen molar-refractivity contribution in [1.29, 1.82) is 0 Å². The largest absolute Gasteiger partial charge is 0.337 e. The van der Waals surface area contributed by atoms with Crippen LogP contribution in [0.3, 0.4) is 0 Å². The molecule has 52 valence electrons. The summed E-state index contributed by atoms with van der Waals surface area (Å²) in [5.74, 6) is 0.0833. The predicted molar refractivity (Wildman–Crippen MR) is 34.8 cm³/mol. The molecule has 1 atom stereocenters. The Kier molecular flexibility index (Phi) is 1.24. The zero-order valence-electron chi connectivity index (χ0n) is 5.99. The molecule has 9 heavy (non-hydrogen) atoms. The van der Waals surface area contributed by atoms with E-state index in [4.69, 9.17) is 0 Å². The Morgan fingerprint density at radius 2 is 2.11 bits per heavy atom. The zero-order valence-corrected chi connectivity index (χ0v) is 5.99. The molecule has 0 radical (unpaired) electrons. The molecule has 3 heteroatoms. The molecule has 1 heterocycles. The highest BCUT2D eigenvalue weighted by Crippen LogP contribution is 2.06. The fourth-order valence-corrected chi connectivity index (χ4v) is 1.06. The monoisotopic (exact) mass is 128 g/mol. The first-order valence-electron chi connectivity index (χ1n) is 3.11. The topological polar surface area (TPSA) is 41.1 Å². The van der Waals surface area contributed by atoms with E-state index in [1.165, 1.54) is 0 Å². The van der Waals surface area contributed by atoms with Gasteiger partial charge in [-0.25, -0.2) is 0 Å². The van der Waals surface area contributed by atoms with Crippen molar-refractivity contribution in [3.05, 3.63) is 0 Å². The summed E-state index contributed by atoms with van der Waals surface area (Å²) < 4.78 is 0. The van der Waals surface area contributed by atoms with Gasteiger partial charge >= 0.3 is 0 Å². The molecular formula is C6H12N2O. The van der Waals surface area contributed by atoms with Crippen molar-refractivity contribution >= 4 is 5.91 Å². The van der Waals surface area contributed by atoms with E-state index in [1.807, 2.05) is 20.8 Å². The smallest absolute Gasteiger partial charge is 0.238 e. The maximum atomic E-state index is 10.8. The molecule has 1 saturated heterocycles. The van der Waals surface area contributed by atoms with Crippen LogP contribution in [0, 0.1) is 0 Å². The van der Waals surface area contributed by atoms with Crippen LogP contribution in [0.4, 0.5) is 0 Å². The minimum atomic E-state index is -0.212. The van der Waals surface area contributed by atoms with Gasteiger partial charge in [0.1, 0.15) is 0 Å². The zero-order chi connectivity index (χ0) is 7.07. The van der Waals surface area contributed by atoms with Crippen molar-refractivity contribution in [2.45, 2.75) is 32.5 Å². The fourth-order valence-electron chi connectivity index (χ4n) is 1.06. The molecule has 2 N–H and O–H groups in total. The lowest BCUT2D eigenvalue weighted by Crippen LogP contribution is -2.43. The Morgan fingerprint density at radius 3 is 2.22 bits per heavy atom. The molecule has 0 aliphatic carbocycles. The predicted octanol–water partition coefficient (Wildman–Crippen LogP) is -0.170. The standard InChI is InChI=1S/C6H12N2O/c1-4-5(9)8-6(2,3)7-4/h4,7H,1-3H3,(H,8,9). The maximum absolute atomic E-state index is 10.8. The molecule has 1 unspecified atom stereocenters. The van der Waals surface area contributed by atoms with Crippen LogP contribution >= 0.6 is 0 Å². The molecule has 0 aromatic rings. The van der Waals surface area contributed by atoms with Crippen LogP contribution in [0.1, 0.15) is 20.8 Å². The van der Waals surface area contributed by atoms with Gasteiger partial charge in [-0.3, -0.25) is 10.1 Å². The van der Waals surface area contributed by atoms with Crippen molar-refractivity contribution in [3.8, 4) is 0 Å². The van der Waals surface area contributed by atoms with Crippen molar-refractivity contribution in [3.63, 3.8) is 0 Å². The van der Waals surface area contributed by atoms with E-state index in [9.17, 15) is 4.79 Å². The summed E-state index contributed by atoms with van der Waals surface area (Å²) in [6.45, 7) is 5.73. The van der Waals surface area contributed by atoms with Crippen molar-refractivity contribution in [2.24, 2.45) is 0 Å². The molecule has 0 bridgehead atoms. The summed E-state index contributed by atoms with van der Waals surface area (Å²) in [7, 11) is 0. The van der Waals surface area contributed by atoms with Gasteiger partial charge in [-0.15, -0.1) is 0 Å². The lowest BCUT2D eigenvalue weighted by atomic mass is 10.3. The van der Waals surface area contributed by atoms with Crippen LogP contribution in [-0.2, 0) is 4.79 Å². The normalized spacial score (nSPS) is 32.3. The first-order chi connectivity index (χ1) is 4.01. The first-order valence-corrected chi connectivity index (χ1v) is 3.11. The van der Waals surface area contributed by atoms with Crippen LogP contribution in [-0.4, -0.2) is 17.6 Å². The van der Waals surface area contributed by atoms with Crippen LogP contribution in [0.2, 0.25) is 0 Å². The van der Waals surface area contributed by atoms with E-state index in [-0.39, 0.29) is 17.6 Å². The van der Waals surface area contributed by atoms with Gasteiger partial charge in [-0.2, -0.15) is 0 Å². The number of hydrogen-bond acceptors (Lipinski definition) is 2. The maximum Gasteiger partial charge on any atom is 0.238 e. The highest BCUT2D eigenvalue weighted by molar-refractivity contribution is 5.84. The van der Waals surface area contributed by atoms with Crippen LogP contribution in [0.5, 0.6) is 0 Å². The van der Waals surface area contributed by atoms with Crippen molar-refractivity contribution in [2.75, 3.05) is 0 Å². The Hall–Kier alpha value is -0.570. The molecular weight excluding hydrogens is 116 g/mol. The highest BCUT2D eigenvalue weighted by atomic mass is 16.2. The molecule has 0 aromatic carbocycles. The summed E-state index contributed by atoms with van der Waals surface area (Å²) in [6.07, 6.45) is 0.